The Kier molecular flexibility index (Phi) is 3.54. The summed E-state index contributed by atoms with van der Waals surface area (Å²) in [5.41, 5.74) is 0. The van der Waals surface area contributed by atoms with Gasteiger partial charge in [0.15, 0.2) is 0 Å². The molecule has 0 aromatic heterocycles. The van der Waals surface area contributed by atoms with Crippen LogP contribution in [0.2, 0.25) is 0 Å². The molecule has 0 heterocycles. The predicted octanol–water partition coefficient (Wildman–Crippen LogP) is -0.00570. The second kappa shape index (κ2) is 2.90. The molecular weight excluding hydrogens is 208 g/mol. The summed E-state index contributed by atoms with van der Waals surface area (Å²) < 4.78 is 8.61. The molecule has 0 saturated heterocycles. The fraction of sp³-hybridized carbons (Fsp3) is 0. The smallest absolute Gasteiger partial charge is 0.0413 e. The summed E-state index contributed by atoms with van der Waals surface area (Å²) in [7, 11) is -0.998. The van der Waals surface area contributed by atoms with Gasteiger partial charge in [-0.15, -0.1) is 0 Å². The van der Waals surface area contributed by atoms with Gasteiger partial charge in [-0.3, -0.25) is 7.05 Å². The molecular formula is HOS6-. The Morgan fingerprint density at radius 1 is 1.29 bits per heavy atom. The predicted molar refractivity (Wildman–Crippen MR) is 46.8 cm³/mol. The van der Waals surface area contributed by atoms with Crippen LogP contribution in [0.25, 0.3) is 0 Å². The highest BCUT2D eigenvalue weighted by molar-refractivity contribution is 9.03. The first-order chi connectivity index (χ1) is 2.94. The van der Waals surface area contributed by atoms with Gasteiger partial charge in [0.2, 0.25) is 0 Å². The molecule has 0 fully saturated rings. The monoisotopic (exact) mass is 209 g/mol. The van der Waals surface area contributed by atoms with E-state index in [9.17, 15) is 0 Å². The van der Waals surface area contributed by atoms with Gasteiger partial charge in [0, 0.05) is 0 Å². The molecule has 0 aromatic carbocycles. The first-order valence-electron chi connectivity index (χ1n) is 1.02. The summed E-state index contributed by atoms with van der Waals surface area (Å²) in [4.78, 5) is 0. The number of hydrogen-bond acceptors (Lipinski definition) is 5. The molecule has 0 atom stereocenters. The zero-order valence-corrected chi connectivity index (χ0v) is 7.80. The van der Waals surface area contributed by atoms with Gasteiger partial charge in [0.05, 0.1) is 0 Å². The largest absolute Gasteiger partial charge is 0.343 e. The fourth-order valence-corrected chi connectivity index (χ4v) is 0. The highest BCUT2D eigenvalue weighted by Crippen LogP contribution is 1.82. The van der Waals surface area contributed by atoms with Gasteiger partial charge in [-0.25, -0.2) is 22.4 Å². The topological polar surface area (TPSA) is 20.2 Å². The van der Waals surface area contributed by atoms with Crippen molar-refractivity contribution in [1.29, 1.82) is 0 Å². The van der Waals surface area contributed by atoms with Crippen LogP contribution in [-0.2, 0) is 58.3 Å². The molecule has 0 aromatic rings. The molecule has 0 aliphatic heterocycles. The molecule has 0 bridgehead atoms. The summed E-state index contributed by atoms with van der Waals surface area (Å²) in [6.45, 7) is -2.42. The zero-order valence-electron chi connectivity index (χ0n) is 2.90. The van der Waals surface area contributed by atoms with E-state index < -0.39 is 13.5 Å². The van der Waals surface area contributed by atoms with Crippen LogP contribution in [0.3, 0.4) is 0 Å². The zero-order chi connectivity index (χ0) is 6.08. The second-order valence-corrected chi connectivity index (χ2v) is 13.0. The summed E-state index contributed by atoms with van der Waals surface area (Å²) in [6.07, 6.45) is 0. The first kappa shape index (κ1) is 8.54. The molecule has 0 spiro atoms. The van der Waals surface area contributed by atoms with Crippen LogP contribution >= 0.6 is 0 Å². The van der Waals surface area contributed by atoms with Gasteiger partial charge in [-0.2, -0.15) is 0 Å². The third kappa shape index (κ3) is 4.07. The van der Waals surface area contributed by atoms with E-state index in [1.165, 1.54) is 0 Å². The van der Waals surface area contributed by atoms with Crippen LogP contribution in [0.15, 0.2) is 0 Å². The lowest BCUT2D eigenvalue weighted by molar-refractivity contribution is 0.668. The van der Waals surface area contributed by atoms with Gasteiger partial charge in [0.1, 0.15) is 0 Å². The van der Waals surface area contributed by atoms with Gasteiger partial charge in [0.25, 0.3) is 0 Å². The molecule has 44 valence electrons. The van der Waals surface area contributed by atoms with Gasteiger partial charge < -0.3 is 4.55 Å². The van der Waals surface area contributed by atoms with Crippen molar-refractivity contribution in [2.75, 3.05) is 0 Å². The molecule has 1 N–H and O–H groups in total. The van der Waals surface area contributed by atoms with Crippen molar-refractivity contribution in [3.8, 4) is 0 Å². The van der Waals surface area contributed by atoms with E-state index in [-0.39, 0.29) is 0 Å². The highest BCUT2D eigenvalue weighted by Gasteiger charge is 1.71. The summed E-state index contributed by atoms with van der Waals surface area (Å²) in [5.74, 6) is 0. The summed E-state index contributed by atoms with van der Waals surface area (Å²) in [6, 6.07) is 0. The first-order valence-corrected chi connectivity index (χ1v) is 8.05. The maximum Gasteiger partial charge on any atom is -0.0413 e. The molecule has 0 radical (unpaired) electrons. The third-order valence-electron chi connectivity index (χ3n) is 0.172. The van der Waals surface area contributed by atoms with E-state index >= 15 is 0 Å². The Labute approximate surface area is 62.4 Å². The molecule has 0 saturated carbocycles. The standard InChI is InChI=1S/HOS6/c1-7(4,5)6(2)3/h(H,1,4,5)/q-1. The van der Waals surface area contributed by atoms with E-state index in [2.05, 4.69) is 44.8 Å². The molecule has 0 unspecified atom stereocenters. The molecule has 7 heteroatoms. The number of hydrogen-bond donors (Lipinski definition) is 1. The van der Waals surface area contributed by atoms with Gasteiger partial charge in [-0.05, 0) is 28.8 Å². The highest BCUT2D eigenvalue weighted by atomic mass is 33.7. The molecule has 0 amide bonds. The fourth-order valence-electron chi connectivity index (χ4n) is 0. The quantitative estimate of drug-likeness (QED) is 0.483. The van der Waals surface area contributed by atoms with Crippen LogP contribution in [0.5, 0.6) is 0 Å². The average Bonchev–Trinajstić information content (AvgIpc) is 1.31. The molecule has 0 aliphatic rings. The van der Waals surface area contributed by atoms with E-state index in [4.69, 9.17) is 4.55 Å². The van der Waals surface area contributed by atoms with Crippen LogP contribution in [0.4, 0.5) is 0 Å². The lowest BCUT2D eigenvalue weighted by Crippen LogP contribution is -1.89. The molecule has 1 nitrogen and oxygen atoms in total. The second-order valence-electron chi connectivity index (χ2n) is 0.632. The normalized spacial score (nSPS) is 12.3. The third-order valence-corrected chi connectivity index (χ3v) is 10.6. The van der Waals surface area contributed by atoms with Crippen molar-refractivity contribution >= 4 is 58.3 Å². The van der Waals surface area contributed by atoms with E-state index in [1.54, 1.807) is 0 Å². The molecule has 0 rings (SSSR count). The van der Waals surface area contributed by atoms with E-state index in [1.807, 2.05) is 0 Å². The maximum atomic E-state index is 8.61. The van der Waals surface area contributed by atoms with E-state index in [0.717, 1.165) is 0 Å². The minimum atomic E-state index is -2.42. The van der Waals surface area contributed by atoms with Gasteiger partial charge >= 0.3 is 0 Å². The van der Waals surface area contributed by atoms with Crippen molar-refractivity contribution in [3.63, 3.8) is 0 Å². The van der Waals surface area contributed by atoms with Crippen molar-refractivity contribution in [3.05, 3.63) is 0 Å². The summed E-state index contributed by atoms with van der Waals surface area (Å²) >= 11 is 17.6. The lowest BCUT2D eigenvalue weighted by Gasteiger charge is -2.01. The minimum Gasteiger partial charge on any atom is -0.343 e. The van der Waals surface area contributed by atoms with Crippen LogP contribution in [0, 0.1) is 0 Å². The molecule has 0 aliphatic carbocycles. The summed E-state index contributed by atoms with van der Waals surface area (Å²) in [5, 5.41) is 0. The van der Waals surface area contributed by atoms with Crippen molar-refractivity contribution in [1.82, 2.24) is 0 Å². The maximum absolute atomic E-state index is 8.61. The minimum absolute atomic E-state index is 0.998. The van der Waals surface area contributed by atoms with E-state index in [0.29, 0.717) is 0 Å². The lowest BCUT2D eigenvalue weighted by atomic mass is 15.9. The Hall–Kier alpha value is 1.54. The van der Waals surface area contributed by atoms with Crippen LogP contribution < -0.4 is 0 Å². The number of rotatable bonds is 1. The molecule has 7 heavy (non-hydrogen) atoms. The van der Waals surface area contributed by atoms with Crippen molar-refractivity contribution in [2.24, 2.45) is 0 Å². The van der Waals surface area contributed by atoms with Gasteiger partial charge in [-0.1, -0.05) is 0 Å². The van der Waals surface area contributed by atoms with Crippen LogP contribution in [0.1, 0.15) is 0 Å². The Balaban J connectivity index is 4.82. The Bertz CT molecular complexity index is 192. The SMILES string of the molecule is OS(=S)(=S)[S-](=S)=S. The Morgan fingerprint density at radius 3 is 1.43 bits per heavy atom. The van der Waals surface area contributed by atoms with Crippen LogP contribution in [-0.4, -0.2) is 4.55 Å². The van der Waals surface area contributed by atoms with Crippen molar-refractivity contribution < 1.29 is 4.55 Å². The average molecular weight is 209 g/mol. The Morgan fingerprint density at radius 2 is 1.43 bits per heavy atom. The van der Waals surface area contributed by atoms with Crippen molar-refractivity contribution in [2.45, 2.75) is 0 Å².